The van der Waals surface area contributed by atoms with Crippen molar-refractivity contribution in [3.8, 4) is 33.4 Å². The average molecular weight is 611 g/mol. The van der Waals surface area contributed by atoms with Gasteiger partial charge < -0.3 is 0 Å². The second kappa shape index (κ2) is 15.4. The number of hydrogen-bond acceptors (Lipinski definition) is 0. The Labute approximate surface area is 281 Å². The van der Waals surface area contributed by atoms with Crippen molar-refractivity contribution >= 4 is 43.1 Å². The van der Waals surface area contributed by atoms with Crippen molar-refractivity contribution in [1.82, 2.24) is 0 Å². The van der Waals surface area contributed by atoms with Crippen LogP contribution in [0.1, 0.15) is 47.1 Å². The van der Waals surface area contributed by atoms with Gasteiger partial charge in [0.25, 0.3) is 0 Å². The molecule has 8 aromatic carbocycles. The van der Waals surface area contributed by atoms with Crippen LogP contribution in [0.2, 0.25) is 0 Å². The summed E-state index contributed by atoms with van der Waals surface area (Å²) in [6.45, 7) is 14.2. The molecule has 0 aromatic heterocycles. The molecule has 0 saturated heterocycles. The molecule has 0 bridgehead atoms. The van der Waals surface area contributed by atoms with Gasteiger partial charge in [-0.2, -0.15) is 0 Å². The molecule has 0 aliphatic carbocycles. The predicted octanol–water partition coefficient (Wildman–Crippen LogP) is 14.7. The van der Waals surface area contributed by atoms with Crippen molar-refractivity contribution in [3.05, 3.63) is 157 Å². The fourth-order valence-corrected chi connectivity index (χ4v) is 6.61. The van der Waals surface area contributed by atoms with Gasteiger partial charge in [0.05, 0.1) is 0 Å². The first-order valence-corrected chi connectivity index (χ1v) is 17.3. The molecule has 0 saturated carbocycles. The molecule has 0 N–H and O–H groups in total. The lowest BCUT2D eigenvalue weighted by Gasteiger charge is -2.18. The fraction of sp³-hybridized carbons (Fsp3) is 0.149. The van der Waals surface area contributed by atoms with Gasteiger partial charge >= 0.3 is 0 Å². The Bertz CT molecular complexity index is 2190. The SMILES string of the molecule is CC.CC.CC.Cc1ccc(-c2ccc(-c3c4ccccc4c(-c4ccc5ccccc5c4)c4ccccc34)cc2)c2ccccc12. The molecule has 0 aliphatic heterocycles. The Hall–Kier alpha value is -5.20. The summed E-state index contributed by atoms with van der Waals surface area (Å²) in [6, 6.07) is 55.6. The van der Waals surface area contributed by atoms with Crippen LogP contribution in [-0.4, -0.2) is 0 Å². The zero-order chi connectivity index (χ0) is 33.3. The Kier molecular flexibility index (Phi) is 10.9. The highest BCUT2D eigenvalue weighted by molar-refractivity contribution is 6.21. The van der Waals surface area contributed by atoms with Crippen LogP contribution in [0.25, 0.3) is 76.5 Å². The lowest BCUT2D eigenvalue weighted by Crippen LogP contribution is -1.91. The van der Waals surface area contributed by atoms with Gasteiger partial charge in [-0.3, -0.25) is 0 Å². The second-order valence-electron chi connectivity index (χ2n) is 11.0. The molecule has 0 heteroatoms. The van der Waals surface area contributed by atoms with Gasteiger partial charge in [0.1, 0.15) is 0 Å². The Morgan fingerprint density at radius 3 is 1.26 bits per heavy atom. The highest BCUT2D eigenvalue weighted by atomic mass is 14.2. The maximum Gasteiger partial charge on any atom is -0.00262 e. The van der Waals surface area contributed by atoms with Gasteiger partial charge in [-0.25, -0.2) is 0 Å². The summed E-state index contributed by atoms with van der Waals surface area (Å²) < 4.78 is 0. The third kappa shape index (κ3) is 6.29. The van der Waals surface area contributed by atoms with E-state index >= 15 is 0 Å². The van der Waals surface area contributed by atoms with Crippen molar-refractivity contribution in [2.75, 3.05) is 0 Å². The van der Waals surface area contributed by atoms with Crippen LogP contribution >= 0.6 is 0 Å². The molecule has 0 spiro atoms. The summed E-state index contributed by atoms with van der Waals surface area (Å²) >= 11 is 0. The second-order valence-corrected chi connectivity index (χ2v) is 11.0. The molecule has 0 atom stereocenters. The van der Waals surface area contributed by atoms with Crippen LogP contribution in [0.5, 0.6) is 0 Å². The van der Waals surface area contributed by atoms with Gasteiger partial charge in [-0.1, -0.05) is 187 Å². The number of hydrogen-bond donors (Lipinski definition) is 0. The third-order valence-corrected chi connectivity index (χ3v) is 8.60. The minimum absolute atomic E-state index is 1.24. The summed E-state index contributed by atoms with van der Waals surface area (Å²) in [4.78, 5) is 0. The molecule has 0 nitrogen and oxygen atoms in total. The first kappa shape index (κ1) is 33.2. The van der Waals surface area contributed by atoms with Gasteiger partial charge in [0.2, 0.25) is 0 Å². The lowest BCUT2D eigenvalue weighted by atomic mass is 9.85. The summed E-state index contributed by atoms with van der Waals surface area (Å²) in [5.74, 6) is 0. The largest absolute Gasteiger partial charge is 0.0683 e. The fourth-order valence-electron chi connectivity index (χ4n) is 6.61. The number of fused-ring (bicyclic) bond motifs is 4. The molecular weight excluding hydrogens is 565 g/mol. The van der Waals surface area contributed by atoms with Crippen LogP contribution in [-0.2, 0) is 0 Å². The van der Waals surface area contributed by atoms with E-state index in [4.69, 9.17) is 0 Å². The molecule has 0 fully saturated rings. The molecule has 0 amide bonds. The van der Waals surface area contributed by atoms with E-state index in [1.807, 2.05) is 41.5 Å². The zero-order valence-corrected chi connectivity index (χ0v) is 28.9. The molecule has 0 aliphatic rings. The van der Waals surface area contributed by atoms with E-state index in [0.29, 0.717) is 0 Å². The first-order chi connectivity index (χ1) is 23.3. The van der Waals surface area contributed by atoms with Crippen LogP contribution in [0.3, 0.4) is 0 Å². The van der Waals surface area contributed by atoms with Crippen molar-refractivity contribution in [1.29, 1.82) is 0 Å². The summed E-state index contributed by atoms with van der Waals surface area (Å²) in [5, 5.41) is 10.3. The van der Waals surface area contributed by atoms with Crippen molar-refractivity contribution in [2.24, 2.45) is 0 Å². The molecule has 0 heterocycles. The molecular formula is C47H46. The molecule has 8 rings (SSSR count). The summed E-state index contributed by atoms with van der Waals surface area (Å²) in [5.41, 5.74) is 8.91. The normalized spacial score (nSPS) is 10.4. The first-order valence-electron chi connectivity index (χ1n) is 17.3. The lowest BCUT2D eigenvalue weighted by molar-refractivity contribution is 1.50. The molecule has 8 aromatic rings. The molecule has 234 valence electrons. The van der Waals surface area contributed by atoms with E-state index < -0.39 is 0 Å². The maximum atomic E-state index is 2.34. The standard InChI is InChI=1S/C41H28.3C2H6/c1-27-18-25-34(35-13-5-4-12-33(27)35)29-20-22-30(23-21-29)40-36-14-6-8-16-38(36)41(39-17-9-7-15-37(39)40)32-24-19-28-10-2-3-11-31(28)26-32;3*1-2/h2-26H,1H3;3*1-2H3. The number of aryl methyl sites for hydroxylation is 1. The molecule has 0 radical (unpaired) electrons. The van der Waals surface area contributed by atoms with Gasteiger partial charge in [0, 0.05) is 0 Å². The van der Waals surface area contributed by atoms with E-state index in [1.54, 1.807) is 0 Å². The van der Waals surface area contributed by atoms with E-state index in [2.05, 4.69) is 159 Å². The van der Waals surface area contributed by atoms with Crippen molar-refractivity contribution in [2.45, 2.75) is 48.5 Å². The maximum absolute atomic E-state index is 2.34. The van der Waals surface area contributed by atoms with Crippen molar-refractivity contribution < 1.29 is 0 Å². The van der Waals surface area contributed by atoms with Crippen molar-refractivity contribution in [3.63, 3.8) is 0 Å². The van der Waals surface area contributed by atoms with E-state index in [-0.39, 0.29) is 0 Å². The third-order valence-electron chi connectivity index (χ3n) is 8.60. The number of rotatable bonds is 3. The van der Waals surface area contributed by atoms with Crippen LogP contribution < -0.4 is 0 Å². The highest BCUT2D eigenvalue weighted by Crippen LogP contribution is 2.44. The summed E-state index contributed by atoms with van der Waals surface area (Å²) in [7, 11) is 0. The molecule has 47 heavy (non-hydrogen) atoms. The minimum atomic E-state index is 1.24. The average Bonchev–Trinajstić information content (AvgIpc) is 3.16. The van der Waals surface area contributed by atoms with Gasteiger partial charge in [-0.15, -0.1) is 0 Å². The van der Waals surface area contributed by atoms with E-state index in [0.717, 1.165) is 0 Å². The van der Waals surface area contributed by atoms with E-state index in [9.17, 15) is 0 Å². The topological polar surface area (TPSA) is 0 Å². The smallest absolute Gasteiger partial charge is 0.00262 e. The van der Waals surface area contributed by atoms with Crippen LogP contribution in [0.15, 0.2) is 152 Å². The Morgan fingerprint density at radius 1 is 0.298 bits per heavy atom. The number of benzene rings is 8. The predicted molar refractivity (Wildman–Crippen MR) is 212 cm³/mol. The minimum Gasteiger partial charge on any atom is -0.0683 e. The molecule has 0 unspecified atom stereocenters. The highest BCUT2D eigenvalue weighted by Gasteiger charge is 2.17. The van der Waals surface area contributed by atoms with Crippen LogP contribution in [0, 0.1) is 6.92 Å². The summed E-state index contributed by atoms with van der Waals surface area (Å²) in [6.07, 6.45) is 0. The Balaban J connectivity index is 0.000000686. The quantitative estimate of drug-likeness (QED) is 0.175. The zero-order valence-electron chi connectivity index (χ0n) is 28.9. The Morgan fingerprint density at radius 2 is 0.702 bits per heavy atom. The van der Waals surface area contributed by atoms with Gasteiger partial charge in [-0.05, 0) is 95.0 Å². The monoisotopic (exact) mass is 610 g/mol. The van der Waals surface area contributed by atoms with E-state index in [1.165, 1.54) is 82.0 Å². The van der Waals surface area contributed by atoms with Crippen LogP contribution in [0.4, 0.5) is 0 Å². The van der Waals surface area contributed by atoms with Gasteiger partial charge in [0.15, 0.2) is 0 Å².